The van der Waals surface area contributed by atoms with Gasteiger partial charge in [-0.1, -0.05) is 48.5 Å². The molecular formula is C20H17ClFN4O2S+. The molecule has 0 saturated heterocycles. The Morgan fingerprint density at radius 3 is 2.76 bits per heavy atom. The first kappa shape index (κ1) is 19.6. The van der Waals surface area contributed by atoms with Crippen LogP contribution in [-0.2, 0) is 4.79 Å². The highest BCUT2D eigenvalue weighted by atomic mass is 35.5. The average molecular weight is 432 g/mol. The van der Waals surface area contributed by atoms with Crippen molar-refractivity contribution in [3.05, 3.63) is 69.2 Å². The maximum Gasteiger partial charge on any atom is 0.325 e. The van der Waals surface area contributed by atoms with Crippen LogP contribution in [0.3, 0.4) is 0 Å². The summed E-state index contributed by atoms with van der Waals surface area (Å²) in [5, 5.41) is 5.06. The molecule has 1 atom stereocenters. The number of carbonyl (C=O) groups excluding carboxylic acids is 1. The Hall–Kier alpha value is -2.71. The van der Waals surface area contributed by atoms with Gasteiger partial charge in [0.2, 0.25) is 11.1 Å². The highest BCUT2D eigenvalue weighted by Crippen LogP contribution is 2.39. The van der Waals surface area contributed by atoms with Gasteiger partial charge in [0.1, 0.15) is 5.82 Å². The van der Waals surface area contributed by atoms with Crippen LogP contribution in [0.25, 0.3) is 11.3 Å². The van der Waals surface area contributed by atoms with Crippen LogP contribution in [0.15, 0.2) is 52.4 Å². The Labute approximate surface area is 175 Å². The van der Waals surface area contributed by atoms with Gasteiger partial charge in [0.25, 0.3) is 6.17 Å². The molecule has 3 aromatic rings. The van der Waals surface area contributed by atoms with E-state index in [-0.39, 0.29) is 27.7 Å². The molecule has 1 N–H and O–H groups in total. The van der Waals surface area contributed by atoms with Gasteiger partial charge in [0.15, 0.2) is 0 Å². The van der Waals surface area contributed by atoms with Crippen LogP contribution in [0.1, 0.15) is 25.6 Å². The minimum atomic E-state index is -1.04. The smallest absolute Gasteiger partial charge is 0.291 e. The Kier molecular flexibility index (Phi) is 5.14. The van der Waals surface area contributed by atoms with E-state index in [0.29, 0.717) is 22.2 Å². The number of carbonyl (C=O) groups is 1. The molecule has 0 fully saturated rings. The number of fused-ring (bicyclic) bond motifs is 3. The highest BCUT2D eigenvalue weighted by Gasteiger charge is 2.46. The molecule has 1 aromatic heterocycles. The van der Waals surface area contributed by atoms with Gasteiger partial charge in [-0.15, -0.1) is 0 Å². The van der Waals surface area contributed by atoms with E-state index in [9.17, 15) is 14.0 Å². The minimum Gasteiger partial charge on any atom is -0.291 e. The molecule has 0 bridgehead atoms. The van der Waals surface area contributed by atoms with Crippen molar-refractivity contribution in [3.8, 4) is 11.3 Å². The number of hydrogen-bond acceptors (Lipinski definition) is 4. The van der Waals surface area contributed by atoms with Crippen molar-refractivity contribution < 1.29 is 13.9 Å². The number of hydrogen-bond donors (Lipinski definition) is 1. The fourth-order valence-electron chi connectivity index (χ4n) is 3.53. The fourth-order valence-corrected chi connectivity index (χ4v) is 4.38. The van der Waals surface area contributed by atoms with Crippen molar-refractivity contribution in [3.63, 3.8) is 0 Å². The predicted molar refractivity (Wildman–Crippen MR) is 110 cm³/mol. The van der Waals surface area contributed by atoms with Crippen molar-refractivity contribution in [2.24, 2.45) is 0 Å². The first-order chi connectivity index (χ1) is 13.9. The molecule has 148 valence electrons. The lowest BCUT2D eigenvalue weighted by Crippen LogP contribution is -2.61. The quantitative estimate of drug-likeness (QED) is 0.508. The lowest BCUT2D eigenvalue weighted by atomic mass is 10.0. The lowest BCUT2D eigenvalue weighted by molar-refractivity contribution is -0.763. The summed E-state index contributed by atoms with van der Waals surface area (Å²) in [6.07, 6.45) is -1.04. The Balaban J connectivity index is 2.12. The summed E-state index contributed by atoms with van der Waals surface area (Å²) in [5.41, 5.74) is 0.975. The van der Waals surface area contributed by atoms with E-state index >= 15 is 0 Å². The van der Waals surface area contributed by atoms with Gasteiger partial charge in [-0.2, -0.15) is 0 Å². The number of aromatic nitrogens is 3. The van der Waals surface area contributed by atoms with Crippen LogP contribution >= 0.6 is 23.4 Å². The molecule has 9 heteroatoms. The Morgan fingerprint density at radius 2 is 2.07 bits per heavy atom. The van der Waals surface area contributed by atoms with E-state index in [2.05, 4.69) is 10.1 Å². The minimum absolute atomic E-state index is 0.0793. The molecule has 1 amide bonds. The fraction of sp³-hybridized carbons (Fsp3) is 0.200. The monoisotopic (exact) mass is 431 g/mol. The van der Waals surface area contributed by atoms with Crippen LogP contribution in [-0.4, -0.2) is 21.7 Å². The van der Waals surface area contributed by atoms with Gasteiger partial charge in [-0.25, -0.2) is 9.29 Å². The summed E-state index contributed by atoms with van der Waals surface area (Å²) in [6, 6.07) is 11.3. The van der Waals surface area contributed by atoms with Crippen LogP contribution in [0, 0.1) is 5.82 Å². The van der Waals surface area contributed by atoms with Crippen LogP contribution in [0.2, 0.25) is 5.02 Å². The van der Waals surface area contributed by atoms with Gasteiger partial charge in [-0.05, 0) is 34.7 Å². The molecule has 1 aliphatic rings. The van der Waals surface area contributed by atoms with Crippen LogP contribution in [0.5, 0.6) is 0 Å². The molecule has 0 radical (unpaired) electrons. The summed E-state index contributed by atoms with van der Waals surface area (Å²) in [6.45, 7) is 3.32. The van der Waals surface area contributed by atoms with Crippen molar-refractivity contribution in [2.75, 3.05) is 10.7 Å². The van der Waals surface area contributed by atoms with Crippen molar-refractivity contribution in [1.82, 2.24) is 10.1 Å². The number of rotatable bonds is 3. The number of para-hydroxylation sites is 1. The van der Waals surface area contributed by atoms with Crippen molar-refractivity contribution >= 4 is 35.0 Å². The molecule has 0 spiro atoms. The molecule has 29 heavy (non-hydrogen) atoms. The molecule has 1 unspecified atom stereocenters. The normalized spacial score (nSPS) is 15.0. The maximum atomic E-state index is 14.9. The largest absolute Gasteiger partial charge is 0.325 e. The number of nitrogens with zero attached hydrogens (tertiary/aromatic N) is 3. The molecular weight excluding hydrogens is 415 g/mol. The zero-order valence-corrected chi connectivity index (χ0v) is 17.2. The van der Waals surface area contributed by atoms with Crippen LogP contribution < -0.4 is 15.1 Å². The average Bonchev–Trinajstić information content (AvgIpc) is 2.67. The predicted octanol–water partition coefficient (Wildman–Crippen LogP) is 3.54. The molecule has 2 heterocycles. The van der Waals surface area contributed by atoms with Crippen molar-refractivity contribution in [2.45, 2.75) is 25.2 Å². The number of benzene rings is 2. The first-order valence-electron chi connectivity index (χ1n) is 8.96. The summed E-state index contributed by atoms with van der Waals surface area (Å²) in [4.78, 5) is 29.9. The number of nitrogens with one attached hydrogen (secondary N) is 1. The summed E-state index contributed by atoms with van der Waals surface area (Å²) >= 11 is 7.70. The standard InChI is InChI=1S/C20H16ClFN4O2S/c1-3-29-20-23-18(28)17-12-7-4-5-10-15(12)25(11(2)27)19(26(17)24-20)16-13(21)8-6-9-14(16)22/h4-10,19H,3H2,1-2H3/p+1. The lowest BCUT2D eigenvalue weighted by Gasteiger charge is -2.31. The van der Waals surface area contributed by atoms with Crippen LogP contribution in [0.4, 0.5) is 10.1 Å². The van der Waals surface area contributed by atoms with Gasteiger partial charge in [0.05, 0.1) is 21.8 Å². The molecule has 6 nitrogen and oxygen atoms in total. The number of amides is 1. The number of thioether (sulfide) groups is 1. The number of anilines is 1. The molecule has 0 saturated carbocycles. The highest BCUT2D eigenvalue weighted by molar-refractivity contribution is 7.99. The van der Waals surface area contributed by atoms with E-state index in [1.54, 1.807) is 30.3 Å². The third kappa shape index (κ3) is 3.22. The summed E-state index contributed by atoms with van der Waals surface area (Å²) in [7, 11) is 0. The first-order valence-corrected chi connectivity index (χ1v) is 10.3. The van der Waals surface area contributed by atoms with E-state index in [1.165, 1.54) is 40.4 Å². The molecule has 4 rings (SSSR count). The van der Waals surface area contributed by atoms with Gasteiger partial charge in [0, 0.05) is 12.0 Å². The third-order valence-electron chi connectivity index (χ3n) is 4.64. The Morgan fingerprint density at radius 1 is 1.31 bits per heavy atom. The topological polar surface area (TPSA) is 69.9 Å². The Bertz CT molecular complexity index is 1160. The molecule has 1 aliphatic heterocycles. The SMILES string of the molecule is CCSc1n[n+]2c(c(=O)[nH]1)-c1ccccc1N(C(C)=O)C2c1c(F)cccc1Cl. The van der Waals surface area contributed by atoms with E-state index in [0.717, 1.165) is 0 Å². The second-order valence-corrected chi connectivity index (χ2v) is 8.06. The molecule has 2 aromatic carbocycles. The summed E-state index contributed by atoms with van der Waals surface area (Å²) < 4.78 is 16.3. The summed E-state index contributed by atoms with van der Waals surface area (Å²) in [5.74, 6) is -0.231. The van der Waals surface area contributed by atoms with Gasteiger partial charge < -0.3 is 0 Å². The van der Waals surface area contributed by atoms with E-state index in [4.69, 9.17) is 11.6 Å². The van der Waals surface area contributed by atoms with Gasteiger partial charge >= 0.3 is 11.3 Å². The second kappa shape index (κ2) is 7.61. The van der Waals surface area contributed by atoms with Crippen molar-refractivity contribution in [1.29, 1.82) is 0 Å². The third-order valence-corrected chi connectivity index (χ3v) is 5.71. The van der Waals surface area contributed by atoms with E-state index < -0.39 is 12.0 Å². The zero-order chi connectivity index (χ0) is 20.7. The van der Waals surface area contributed by atoms with Gasteiger partial charge in [-0.3, -0.25) is 14.6 Å². The maximum absolute atomic E-state index is 14.9. The zero-order valence-electron chi connectivity index (χ0n) is 15.6. The number of aromatic amines is 1. The second-order valence-electron chi connectivity index (χ2n) is 6.40. The number of halogens is 2. The number of H-pyrrole nitrogens is 1. The molecule has 0 aliphatic carbocycles. The van der Waals surface area contributed by atoms with E-state index in [1.807, 2.05) is 6.92 Å².